The Morgan fingerprint density at radius 1 is 1.47 bits per heavy atom. The molecule has 1 aromatic heterocycles. The Bertz CT molecular complexity index is 391. The third-order valence-electron chi connectivity index (χ3n) is 2.70. The molecular formula is C14H23N3. The maximum atomic E-state index is 8.20. The number of pyridine rings is 1. The zero-order chi connectivity index (χ0) is 13.1. The summed E-state index contributed by atoms with van der Waals surface area (Å²) in [4.78, 5) is 4.35. The molecule has 0 amide bonds. The Balaban J connectivity index is 3.04. The van der Waals surface area contributed by atoms with Crippen molar-refractivity contribution in [2.24, 2.45) is 5.92 Å². The van der Waals surface area contributed by atoms with Gasteiger partial charge in [-0.25, -0.2) is 4.98 Å². The Kier molecular flexibility index (Phi) is 4.27. The molecule has 3 nitrogen and oxygen atoms in total. The zero-order valence-electron chi connectivity index (χ0n) is 11.5. The van der Waals surface area contributed by atoms with E-state index < -0.39 is 0 Å². The first-order valence-electron chi connectivity index (χ1n) is 6.17. The van der Waals surface area contributed by atoms with Gasteiger partial charge in [0.2, 0.25) is 0 Å². The standard InChI is InChI=1S/C14H23N3/c1-6-10(2)12(15)11-8-7-9-16-13(11)17-14(3,4)5/h7-10,15H,6H2,1-5H3,(H,16,17). The molecule has 3 heteroatoms. The largest absolute Gasteiger partial charge is 0.365 e. The molecule has 0 aromatic carbocycles. The van der Waals surface area contributed by atoms with Gasteiger partial charge < -0.3 is 10.7 Å². The van der Waals surface area contributed by atoms with Gasteiger partial charge in [0.05, 0.1) is 0 Å². The Morgan fingerprint density at radius 2 is 2.12 bits per heavy atom. The maximum absolute atomic E-state index is 8.20. The summed E-state index contributed by atoms with van der Waals surface area (Å²) < 4.78 is 0. The van der Waals surface area contributed by atoms with Crippen molar-refractivity contribution < 1.29 is 0 Å². The van der Waals surface area contributed by atoms with E-state index in [-0.39, 0.29) is 11.5 Å². The number of hydrogen-bond donors (Lipinski definition) is 2. The van der Waals surface area contributed by atoms with Crippen molar-refractivity contribution in [3.63, 3.8) is 0 Å². The quantitative estimate of drug-likeness (QED) is 0.779. The minimum Gasteiger partial charge on any atom is -0.365 e. The molecule has 17 heavy (non-hydrogen) atoms. The molecule has 0 aliphatic heterocycles. The molecule has 0 fully saturated rings. The molecule has 1 atom stereocenters. The monoisotopic (exact) mass is 233 g/mol. The van der Waals surface area contributed by atoms with Gasteiger partial charge in [0.1, 0.15) is 5.82 Å². The summed E-state index contributed by atoms with van der Waals surface area (Å²) in [7, 11) is 0. The van der Waals surface area contributed by atoms with Crippen molar-refractivity contribution in [1.29, 1.82) is 5.41 Å². The van der Waals surface area contributed by atoms with Crippen LogP contribution < -0.4 is 5.32 Å². The fourth-order valence-electron chi connectivity index (χ4n) is 1.55. The van der Waals surface area contributed by atoms with Crippen LogP contribution in [0.2, 0.25) is 0 Å². The molecular weight excluding hydrogens is 210 g/mol. The van der Waals surface area contributed by atoms with Gasteiger partial charge in [-0.15, -0.1) is 0 Å². The predicted molar refractivity (Wildman–Crippen MR) is 73.9 cm³/mol. The number of nitrogens with zero attached hydrogens (tertiary/aromatic N) is 1. The summed E-state index contributed by atoms with van der Waals surface area (Å²) >= 11 is 0. The molecule has 0 radical (unpaired) electrons. The number of rotatable bonds is 4. The van der Waals surface area contributed by atoms with Crippen LogP contribution in [0.3, 0.4) is 0 Å². The van der Waals surface area contributed by atoms with E-state index in [1.165, 1.54) is 0 Å². The number of hydrogen-bond acceptors (Lipinski definition) is 3. The molecule has 0 aliphatic carbocycles. The highest BCUT2D eigenvalue weighted by Crippen LogP contribution is 2.21. The van der Waals surface area contributed by atoms with E-state index in [9.17, 15) is 0 Å². The van der Waals surface area contributed by atoms with Crippen molar-refractivity contribution in [1.82, 2.24) is 4.98 Å². The third kappa shape index (κ3) is 3.84. The van der Waals surface area contributed by atoms with Gasteiger partial charge >= 0.3 is 0 Å². The number of aromatic nitrogens is 1. The highest BCUT2D eigenvalue weighted by atomic mass is 15.0. The zero-order valence-corrected chi connectivity index (χ0v) is 11.5. The van der Waals surface area contributed by atoms with E-state index in [0.717, 1.165) is 17.8 Å². The van der Waals surface area contributed by atoms with E-state index >= 15 is 0 Å². The highest BCUT2D eigenvalue weighted by Gasteiger charge is 2.17. The fourth-order valence-corrected chi connectivity index (χ4v) is 1.55. The molecule has 0 spiro atoms. The van der Waals surface area contributed by atoms with Gasteiger partial charge in [0.25, 0.3) is 0 Å². The van der Waals surface area contributed by atoms with E-state index in [2.05, 4.69) is 44.9 Å². The van der Waals surface area contributed by atoms with Gasteiger partial charge in [-0.2, -0.15) is 0 Å². The van der Waals surface area contributed by atoms with Gasteiger partial charge in [-0.3, -0.25) is 0 Å². The van der Waals surface area contributed by atoms with Crippen LogP contribution in [0, 0.1) is 11.3 Å². The second kappa shape index (κ2) is 5.30. The minimum atomic E-state index is -0.0428. The lowest BCUT2D eigenvalue weighted by atomic mass is 9.96. The molecule has 1 rings (SSSR count). The molecule has 1 unspecified atom stereocenters. The Labute approximate surface area is 104 Å². The van der Waals surface area contributed by atoms with Crippen molar-refractivity contribution in [2.75, 3.05) is 5.32 Å². The average molecular weight is 233 g/mol. The lowest BCUT2D eigenvalue weighted by molar-refractivity contribution is 0.629. The summed E-state index contributed by atoms with van der Waals surface area (Å²) in [5, 5.41) is 11.6. The third-order valence-corrected chi connectivity index (χ3v) is 2.70. The minimum absolute atomic E-state index is 0.0428. The normalized spacial score (nSPS) is 13.2. The van der Waals surface area contributed by atoms with E-state index in [0.29, 0.717) is 5.71 Å². The molecule has 94 valence electrons. The van der Waals surface area contributed by atoms with Crippen molar-refractivity contribution >= 4 is 11.5 Å². The summed E-state index contributed by atoms with van der Waals surface area (Å²) in [6.07, 6.45) is 2.74. The molecule has 0 bridgehead atoms. The van der Waals surface area contributed by atoms with Crippen LogP contribution in [0.5, 0.6) is 0 Å². The van der Waals surface area contributed by atoms with Crippen LogP contribution in [-0.4, -0.2) is 16.2 Å². The van der Waals surface area contributed by atoms with E-state index in [4.69, 9.17) is 5.41 Å². The molecule has 2 N–H and O–H groups in total. The number of nitrogens with one attached hydrogen (secondary N) is 2. The van der Waals surface area contributed by atoms with Crippen molar-refractivity contribution in [3.8, 4) is 0 Å². The van der Waals surface area contributed by atoms with Crippen LogP contribution in [0.25, 0.3) is 0 Å². The predicted octanol–water partition coefficient (Wildman–Crippen LogP) is 3.71. The smallest absolute Gasteiger partial charge is 0.135 e. The Morgan fingerprint density at radius 3 is 2.65 bits per heavy atom. The molecule has 1 aromatic rings. The first-order chi connectivity index (χ1) is 7.85. The van der Waals surface area contributed by atoms with Crippen LogP contribution in [0.15, 0.2) is 18.3 Å². The second-order valence-electron chi connectivity index (χ2n) is 5.50. The molecule has 0 saturated heterocycles. The lowest BCUT2D eigenvalue weighted by Gasteiger charge is -2.24. The average Bonchev–Trinajstić information content (AvgIpc) is 2.25. The Hall–Kier alpha value is -1.38. The summed E-state index contributed by atoms with van der Waals surface area (Å²) in [6, 6.07) is 3.86. The van der Waals surface area contributed by atoms with Crippen LogP contribution in [-0.2, 0) is 0 Å². The topological polar surface area (TPSA) is 48.8 Å². The van der Waals surface area contributed by atoms with Gasteiger partial charge in [0, 0.05) is 23.0 Å². The van der Waals surface area contributed by atoms with Crippen LogP contribution >= 0.6 is 0 Å². The summed E-state index contributed by atoms with van der Waals surface area (Å²) in [5.74, 6) is 1.07. The van der Waals surface area contributed by atoms with Gasteiger partial charge in [0.15, 0.2) is 0 Å². The SMILES string of the molecule is CCC(C)C(=N)c1cccnc1NC(C)(C)C. The first kappa shape index (κ1) is 13.7. The molecule has 0 saturated carbocycles. The maximum Gasteiger partial charge on any atom is 0.135 e. The van der Waals surface area contributed by atoms with Crippen LogP contribution in [0.1, 0.15) is 46.6 Å². The lowest BCUT2D eigenvalue weighted by Crippen LogP contribution is -2.28. The van der Waals surface area contributed by atoms with Crippen molar-refractivity contribution in [3.05, 3.63) is 23.9 Å². The molecule has 1 heterocycles. The summed E-state index contributed by atoms with van der Waals surface area (Å²) in [5.41, 5.74) is 1.53. The molecule has 0 aliphatic rings. The van der Waals surface area contributed by atoms with Crippen molar-refractivity contribution in [2.45, 2.75) is 46.6 Å². The fraction of sp³-hybridized carbons (Fsp3) is 0.571. The number of anilines is 1. The second-order valence-corrected chi connectivity index (χ2v) is 5.50. The van der Waals surface area contributed by atoms with E-state index in [1.807, 2.05) is 12.1 Å². The van der Waals surface area contributed by atoms with Gasteiger partial charge in [-0.1, -0.05) is 13.8 Å². The first-order valence-corrected chi connectivity index (χ1v) is 6.17. The van der Waals surface area contributed by atoms with E-state index in [1.54, 1.807) is 6.20 Å². The van der Waals surface area contributed by atoms with Crippen LogP contribution in [0.4, 0.5) is 5.82 Å². The van der Waals surface area contributed by atoms with Gasteiger partial charge in [-0.05, 0) is 45.2 Å². The summed E-state index contributed by atoms with van der Waals surface area (Å²) in [6.45, 7) is 10.5. The highest BCUT2D eigenvalue weighted by molar-refractivity contribution is 6.03.